The Labute approximate surface area is 224 Å². The topological polar surface area (TPSA) is 95.1 Å². The smallest absolute Gasteiger partial charge is 0.353 e. The van der Waals surface area contributed by atoms with E-state index in [0.717, 1.165) is 55.0 Å². The van der Waals surface area contributed by atoms with Gasteiger partial charge >= 0.3 is 6.18 Å². The van der Waals surface area contributed by atoms with Crippen LogP contribution in [0.15, 0.2) is 29.3 Å². The molecular formula is C25H24F3N7OS2. The summed E-state index contributed by atoms with van der Waals surface area (Å²) in [5.74, 6) is 1.68. The van der Waals surface area contributed by atoms with Crippen LogP contribution in [0.5, 0.6) is 0 Å². The Hall–Kier alpha value is -2.90. The molecule has 1 aliphatic carbocycles. The zero-order chi connectivity index (χ0) is 26.0. The van der Waals surface area contributed by atoms with Crippen molar-refractivity contribution in [3.63, 3.8) is 0 Å². The van der Waals surface area contributed by atoms with E-state index in [2.05, 4.69) is 30.8 Å². The van der Waals surface area contributed by atoms with Crippen LogP contribution in [-0.2, 0) is 6.18 Å². The van der Waals surface area contributed by atoms with Crippen LogP contribution < -0.4 is 20.9 Å². The first kappa shape index (κ1) is 24.2. The van der Waals surface area contributed by atoms with Crippen LogP contribution in [0.2, 0.25) is 0 Å². The van der Waals surface area contributed by atoms with Gasteiger partial charge in [0.15, 0.2) is 0 Å². The van der Waals surface area contributed by atoms with Crippen LogP contribution in [0.3, 0.4) is 0 Å². The minimum atomic E-state index is -4.64. The van der Waals surface area contributed by atoms with Crippen LogP contribution in [-0.4, -0.2) is 58.3 Å². The van der Waals surface area contributed by atoms with E-state index in [1.165, 1.54) is 18.2 Å². The van der Waals surface area contributed by atoms with E-state index in [0.29, 0.717) is 45.8 Å². The fourth-order valence-corrected chi connectivity index (χ4v) is 7.43. The standard InChI is InChI=1S/C25H24F3N7OS2/c26-25(27,28)15-9-30-24(34-21(15)17-8-18-22(38-17)23(36)29-5-6-37-18)32-16-3-4-19(33-20(16)12-1-2-12)35-10-13-7-14(11-35)31-13/h3-4,8-9,12-14,31H,1-2,5-7,10-11H2,(H,29,36)(H,30,32,34). The third kappa shape index (κ3) is 4.50. The predicted molar refractivity (Wildman–Crippen MR) is 140 cm³/mol. The molecule has 0 radical (unpaired) electrons. The third-order valence-electron chi connectivity index (χ3n) is 7.24. The Morgan fingerprint density at radius 1 is 1.13 bits per heavy atom. The number of carbonyl (C=O) groups excluding carboxylic acids is 1. The number of thiophene rings is 1. The van der Waals surface area contributed by atoms with Gasteiger partial charge in [-0.2, -0.15) is 13.2 Å². The van der Waals surface area contributed by atoms with E-state index in [9.17, 15) is 18.0 Å². The molecule has 2 unspecified atom stereocenters. The average molecular weight is 560 g/mol. The molecule has 4 fully saturated rings. The Bertz CT molecular complexity index is 1410. The Morgan fingerprint density at radius 2 is 1.92 bits per heavy atom. The summed E-state index contributed by atoms with van der Waals surface area (Å²) < 4.78 is 41.8. The largest absolute Gasteiger partial charge is 0.420 e. The highest BCUT2D eigenvalue weighted by molar-refractivity contribution is 7.99. The molecule has 0 aromatic carbocycles. The number of halogens is 3. The summed E-state index contributed by atoms with van der Waals surface area (Å²) >= 11 is 2.47. The molecule has 4 aliphatic heterocycles. The minimum absolute atomic E-state index is 0.0635. The van der Waals surface area contributed by atoms with E-state index in [4.69, 9.17) is 4.98 Å². The van der Waals surface area contributed by atoms with Gasteiger partial charge in [0.05, 0.1) is 22.0 Å². The maximum Gasteiger partial charge on any atom is 0.420 e. The summed E-state index contributed by atoms with van der Waals surface area (Å²) in [4.78, 5) is 29.4. The number of pyridine rings is 1. The summed E-state index contributed by atoms with van der Waals surface area (Å²) in [6.45, 7) is 2.36. The zero-order valence-corrected chi connectivity index (χ0v) is 21.8. The second-order valence-corrected chi connectivity index (χ2v) is 12.3. The molecule has 38 heavy (non-hydrogen) atoms. The second kappa shape index (κ2) is 9.09. The van der Waals surface area contributed by atoms with Crippen LogP contribution in [0.4, 0.5) is 30.6 Å². The number of carbonyl (C=O) groups is 1. The number of amides is 1. The maximum absolute atomic E-state index is 13.9. The Morgan fingerprint density at radius 3 is 2.66 bits per heavy atom. The van der Waals surface area contributed by atoms with Gasteiger partial charge in [-0.1, -0.05) is 0 Å². The number of thioether (sulfide) groups is 1. The lowest BCUT2D eigenvalue weighted by atomic mass is 9.91. The molecule has 3 aromatic rings. The monoisotopic (exact) mass is 559 g/mol. The van der Waals surface area contributed by atoms with Crippen molar-refractivity contribution in [2.24, 2.45) is 0 Å². The number of anilines is 3. The number of alkyl halides is 3. The summed E-state index contributed by atoms with van der Waals surface area (Å²) in [5, 5.41) is 9.45. The number of fused-ring (bicyclic) bond motifs is 3. The van der Waals surface area contributed by atoms with Crippen LogP contribution in [0, 0.1) is 0 Å². The quantitative estimate of drug-likeness (QED) is 0.417. The van der Waals surface area contributed by atoms with Crippen molar-refractivity contribution in [3.8, 4) is 10.6 Å². The summed E-state index contributed by atoms with van der Waals surface area (Å²) in [5.41, 5.74) is 0.437. The van der Waals surface area contributed by atoms with Gasteiger partial charge in [0.25, 0.3) is 5.91 Å². The Kier molecular flexibility index (Phi) is 5.78. The van der Waals surface area contributed by atoms with Gasteiger partial charge in [0.1, 0.15) is 16.3 Å². The van der Waals surface area contributed by atoms with Gasteiger partial charge < -0.3 is 20.9 Å². The van der Waals surface area contributed by atoms with Gasteiger partial charge in [-0.15, -0.1) is 23.1 Å². The first-order valence-electron chi connectivity index (χ1n) is 12.6. The lowest BCUT2D eigenvalue weighted by Crippen LogP contribution is -2.67. The highest BCUT2D eigenvalue weighted by Crippen LogP contribution is 2.45. The lowest BCUT2D eigenvalue weighted by Gasteiger charge is -2.48. The number of hydrogen-bond acceptors (Lipinski definition) is 9. The first-order valence-corrected chi connectivity index (χ1v) is 14.4. The van der Waals surface area contributed by atoms with E-state index >= 15 is 0 Å². The number of aromatic nitrogens is 3. The van der Waals surface area contributed by atoms with Crippen LogP contribution >= 0.6 is 23.1 Å². The normalized spacial score (nSPS) is 22.8. The summed E-state index contributed by atoms with van der Waals surface area (Å²) in [6.07, 6.45) is -0.573. The van der Waals surface area contributed by atoms with Crippen molar-refractivity contribution >= 4 is 46.5 Å². The molecule has 1 amide bonds. The number of hydrogen-bond donors (Lipinski definition) is 3. The molecule has 0 spiro atoms. The zero-order valence-electron chi connectivity index (χ0n) is 20.1. The van der Waals surface area contributed by atoms with E-state index in [-0.39, 0.29) is 22.4 Å². The van der Waals surface area contributed by atoms with Crippen molar-refractivity contribution in [2.75, 3.05) is 35.6 Å². The third-order valence-corrected chi connectivity index (χ3v) is 9.55. The summed E-state index contributed by atoms with van der Waals surface area (Å²) in [6, 6.07) is 6.53. The molecule has 1 saturated carbocycles. The molecule has 3 saturated heterocycles. The SMILES string of the molecule is O=C1NCCSc2cc(-c3nc(Nc4ccc(N5CC6CC(C5)N6)nc4C4CC4)ncc3C(F)(F)F)sc21. The van der Waals surface area contributed by atoms with E-state index < -0.39 is 11.7 Å². The molecule has 5 aliphatic rings. The van der Waals surface area contributed by atoms with Crippen molar-refractivity contribution in [1.29, 1.82) is 0 Å². The average Bonchev–Trinajstić information content (AvgIpc) is 3.67. The number of nitrogens with zero attached hydrogens (tertiary/aromatic N) is 4. The van der Waals surface area contributed by atoms with Gasteiger partial charge in [-0.05, 0) is 37.5 Å². The van der Waals surface area contributed by atoms with E-state index in [1.807, 2.05) is 12.1 Å². The fourth-order valence-electron chi connectivity index (χ4n) is 5.23. The van der Waals surface area contributed by atoms with Crippen molar-refractivity contribution < 1.29 is 18.0 Å². The first-order chi connectivity index (χ1) is 18.3. The Balaban J connectivity index is 1.22. The fraction of sp³-hybridized carbons (Fsp3) is 0.440. The number of piperazine rings is 1. The minimum Gasteiger partial charge on any atom is -0.353 e. The predicted octanol–water partition coefficient (Wildman–Crippen LogP) is 4.63. The molecule has 2 atom stereocenters. The molecule has 3 N–H and O–H groups in total. The molecule has 3 aromatic heterocycles. The summed E-state index contributed by atoms with van der Waals surface area (Å²) in [7, 11) is 0. The lowest BCUT2D eigenvalue weighted by molar-refractivity contribution is -0.137. The van der Waals surface area contributed by atoms with Crippen LogP contribution in [0.1, 0.15) is 46.1 Å². The number of nitrogens with one attached hydrogen (secondary N) is 3. The van der Waals surface area contributed by atoms with Crippen molar-refractivity contribution in [3.05, 3.63) is 40.5 Å². The van der Waals surface area contributed by atoms with Gasteiger partial charge in [-0.3, -0.25) is 4.79 Å². The second-order valence-electron chi connectivity index (χ2n) is 10.1. The van der Waals surface area contributed by atoms with Gasteiger partial charge in [0, 0.05) is 54.5 Å². The molecule has 2 bridgehead atoms. The van der Waals surface area contributed by atoms with E-state index in [1.54, 1.807) is 6.07 Å². The highest BCUT2D eigenvalue weighted by Gasteiger charge is 2.38. The van der Waals surface area contributed by atoms with Gasteiger partial charge in [-0.25, -0.2) is 15.0 Å². The van der Waals surface area contributed by atoms with Crippen LogP contribution in [0.25, 0.3) is 10.6 Å². The molecular weight excluding hydrogens is 535 g/mol. The molecule has 13 heteroatoms. The number of piperidine rings is 1. The molecule has 7 heterocycles. The number of rotatable bonds is 5. The van der Waals surface area contributed by atoms with Gasteiger partial charge in [0.2, 0.25) is 5.95 Å². The molecule has 198 valence electrons. The highest BCUT2D eigenvalue weighted by atomic mass is 32.2. The maximum atomic E-state index is 13.9. The molecule has 8 rings (SSSR count). The van der Waals surface area contributed by atoms with Crippen molar-refractivity contribution in [1.82, 2.24) is 25.6 Å². The molecule has 8 nitrogen and oxygen atoms in total. The van der Waals surface area contributed by atoms with Crippen molar-refractivity contribution in [2.45, 2.75) is 48.3 Å².